The third kappa shape index (κ3) is 2.93. The van der Waals surface area contributed by atoms with E-state index in [4.69, 9.17) is 5.73 Å². The number of nitrogens with zero attached hydrogens (tertiary/aromatic N) is 5. The van der Waals surface area contributed by atoms with Crippen LogP contribution in [0.4, 0.5) is 5.82 Å². The molecule has 0 aliphatic heterocycles. The Labute approximate surface area is 145 Å². The lowest BCUT2D eigenvalue weighted by Gasteiger charge is -2.10. The Balaban J connectivity index is 2.29. The maximum absolute atomic E-state index is 9.41. The third-order valence-corrected chi connectivity index (χ3v) is 3.84. The summed E-state index contributed by atoms with van der Waals surface area (Å²) in [5.41, 5.74) is 10.3. The maximum Gasteiger partial charge on any atom is 0.125 e. The van der Waals surface area contributed by atoms with Gasteiger partial charge in [0, 0.05) is 61.2 Å². The van der Waals surface area contributed by atoms with E-state index in [0.29, 0.717) is 5.56 Å². The fourth-order valence-corrected chi connectivity index (χ4v) is 2.64. The van der Waals surface area contributed by atoms with Gasteiger partial charge in [-0.05, 0) is 18.2 Å². The highest BCUT2D eigenvalue weighted by molar-refractivity contribution is 6.10. The van der Waals surface area contributed by atoms with E-state index in [1.807, 2.05) is 31.4 Å². The average molecular weight is 331 g/mol. The predicted octanol–water partition coefficient (Wildman–Crippen LogP) is 2.31. The van der Waals surface area contributed by atoms with Crippen LogP contribution in [-0.4, -0.2) is 34.9 Å². The number of rotatable bonds is 4. The first-order chi connectivity index (χ1) is 12.2. The van der Waals surface area contributed by atoms with Crippen molar-refractivity contribution in [3.05, 3.63) is 54.1 Å². The van der Waals surface area contributed by atoms with Crippen LogP contribution in [0.25, 0.3) is 22.2 Å². The fraction of sp³-hybridized carbons (Fsp3) is 0.111. The molecule has 0 atom stereocenters. The van der Waals surface area contributed by atoms with Gasteiger partial charge in [-0.15, -0.1) is 0 Å². The normalized spacial score (nSPS) is 11.8. The van der Waals surface area contributed by atoms with Crippen molar-refractivity contribution in [1.82, 2.24) is 14.6 Å². The van der Waals surface area contributed by atoms with Gasteiger partial charge in [0.2, 0.25) is 0 Å². The third-order valence-electron chi connectivity index (χ3n) is 3.84. The average Bonchev–Trinajstić information content (AvgIpc) is 3.08. The van der Waals surface area contributed by atoms with Gasteiger partial charge in [0.05, 0.1) is 17.3 Å². The van der Waals surface area contributed by atoms with E-state index in [-0.39, 0.29) is 0 Å². The molecular weight excluding hydrogens is 314 g/mol. The van der Waals surface area contributed by atoms with Crippen molar-refractivity contribution in [1.29, 1.82) is 5.26 Å². The van der Waals surface area contributed by atoms with Gasteiger partial charge in [-0.3, -0.25) is 4.99 Å². The zero-order valence-electron chi connectivity index (χ0n) is 13.9. The van der Waals surface area contributed by atoms with Crippen LogP contribution in [0, 0.1) is 11.3 Å². The summed E-state index contributed by atoms with van der Waals surface area (Å²) < 4.78 is 1.68. The van der Waals surface area contributed by atoms with E-state index in [9.17, 15) is 5.26 Å². The SMILES string of the molecule is CN=CC(=CN)c1cc(-c2ccc(NC)nc2)c2c(C#N)cnn2c1. The Morgan fingerprint density at radius 2 is 2.24 bits per heavy atom. The first kappa shape index (κ1) is 16.2. The predicted molar refractivity (Wildman–Crippen MR) is 99.3 cm³/mol. The molecule has 0 aliphatic rings. The van der Waals surface area contributed by atoms with Gasteiger partial charge < -0.3 is 11.1 Å². The second-order valence-electron chi connectivity index (χ2n) is 5.30. The van der Waals surface area contributed by atoms with E-state index in [0.717, 1.165) is 33.6 Å². The van der Waals surface area contributed by atoms with Gasteiger partial charge in [0.25, 0.3) is 0 Å². The molecule has 0 saturated heterocycles. The molecule has 3 aromatic heterocycles. The van der Waals surface area contributed by atoms with Gasteiger partial charge >= 0.3 is 0 Å². The summed E-state index contributed by atoms with van der Waals surface area (Å²) in [6.45, 7) is 0. The first-order valence-corrected chi connectivity index (χ1v) is 7.62. The van der Waals surface area contributed by atoms with E-state index in [1.165, 1.54) is 6.20 Å². The molecule has 0 saturated carbocycles. The molecule has 7 nitrogen and oxygen atoms in total. The Bertz CT molecular complexity index is 1000. The van der Waals surface area contributed by atoms with Crippen molar-refractivity contribution in [3.8, 4) is 17.2 Å². The largest absolute Gasteiger partial charge is 0.404 e. The number of nitrogens with two attached hydrogens (primary N) is 1. The molecule has 0 fully saturated rings. The van der Waals surface area contributed by atoms with Crippen molar-refractivity contribution < 1.29 is 0 Å². The fourth-order valence-electron chi connectivity index (χ4n) is 2.64. The van der Waals surface area contributed by atoms with Crippen molar-refractivity contribution in [2.45, 2.75) is 0 Å². The molecule has 0 aromatic carbocycles. The highest BCUT2D eigenvalue weighted by Gasteiger charge is 2.14. The standard InChI is InChI=1S/C18H17N7/c1-21-8-14(6-19)13-5-16(12-3-4-17(22-2)23-9-12)18-15(7-20)10-24-25(18)11-13/h3-6,8-11H,19H2,1-2H3,(H,22,23). The van der Waals surface area contributed by atoms with Gasteiger partial charge in [-0.25, -0.2) is 9.50 Å². The Morgan fingerprint density at radius 3 is 2.84 bits per heavy atom. The molecule has 7 heteroatoms. The van der Waals surface area contributed by atoms with Gasteiger partial charge in [-0.1, -0.05) is 0 Å². The number of hydrogen-bond donors (Lipinski definition) is 2. The van der Waals surface area contributed by atoms with Crippen LogP contribution in [0.5, 0.6) is 0 Å². The minimum atomic E-state index is 0.502. The van der Waals surface area contributed by atoms with Crippen LogP contribution >= 0.6 is 0 Å². The summed E-state index contributed by atoms with van der Waals surface area (Å²) in [5, 5.41) is 16.7. The smallest absolute Gasteiger partial charge is 0.125 e. The number of pyridine rings is 2. The van der Waals surface area contributed by atoms with E-state index < -0.39 is 0 Å². The van der Waals surface area contributed by atoms with Crippen molar-refractivity contribution in [3.63, 3.8) is 0 Å². The number of fused-ring (bicyclic) bond motifs is 1. The minimum absolute atomic E-state index is 0.502. The van der Waals surface area contributed by atoms with Crippen molar-refractivity contribution in [2.24, 2.45) is 10.7 Å². The number of allylic oxidation sites excluding steroid dienone is 1. The summed E-state index contributed by atoms with van der Waals surface area (Å²) in [7, 11) is 3.50. The molecule has 3 rings (SSSR count). The second kappa shape index (κ2) is 6.84. The summed E-state index contributed by atoms with van der Waals surface area (Å²) in [5.74, 6) is 0.769. The van der Waals surface area contributed by atoms with Crippen LogP contribution < -0.4 is 11.1 Å². The molecule has 3 aromatic rings. The van der Waals surface area contributed by atoms with Crippen molar-refractivity contribution in [2.75, 3.05) is 19.4 Å². The van der Waals surface area contributed by atoms with E-state index >= 15 is 0 Å². The topological polar surface area (TPSA) is 104 Å². The number of hydrogen-bond acceptors (Lipinski definition) is 6. The monoisotopic (exact) mass is 331 g/mol. The zero-order valence-corrected chi connectivity index (χ0v) is 13.9. The molecule has 0 bridgehead atoms. The van der Waals surface area contributed by atoms with E-state index in [2.05, 4.69) is 26.5 Å². The summed E-state index contributed by atoms with van der Waals surface area (Å²) >= 11 is 0. The number of anilines is 1. The molecule has 0 spiro atoms. The Hall–Kier alpha value is -3.66. The summed E-state index contributed by atoms with van der Waals surface area (Å²) in [4.78, 5) is 8.40. The highest BCUT2D eigenvalue weighted by atomic mass is 15.2. The van der Waals surface area contributed by atoms with Crippen LogP contribution in [0.1, 0.15) is 11.1 Å². The molecule has 3 N–H and O–H groups in total. The van der Waals surface area contributed by atoms with Crippen LogP contribution in [-0.2, 0) is 0 Å². The van der Waals surface area contributed by atoms with Crippen LogP contribution in [0.2, 0.25) is 0 Å². The van der Waals surface area contributed by atoms with Gasteiger partial charge in [-0.2, -0.15) is 10.4 Å². The molecule has 0 aliphatic carbocycles. The number of nitriles is 1. The van der Waals surface area contributed by atoms with Crippen LogP contribution in [0.15, 0.2) is 48.0 Å². The van der Waals surface area contributed by atoms with Gasteiger partial charge in [0.1, 0.15) is 11.9 Å². The van der Waals surface area contributed by atoms with Crippen molar-refractivity contribution >= 4 is 23.1 Å². The Morgan fingerprint density at radius 1 is 1.40 bits per heavy atom. The lowest BCUT2D eigenvalue weighted by molar-refractivity contribution is 0.959. The maximum atomic E-state index is 9.41. The highest BCUT2D eigenvalue weighted by Crippen LogP contribution is 2.30. The second-order valence-corrected chi connectivity index (χ2v) is 5.30. The molecule has 0 amide bonds. The minimum Gasteiger partial charge on any atom is -0.404 e. The quantitative estimate of drug-likeness (QED) is 0.714. The summed E-state index contributed by atoms with van der Waals surface area (Å²) in [6, 6.07) is 7.99. The lowest BCUT2D eigenvalue weighted by atomic mass is 10.0. The lowest BCUT2D eigenvalue weighted by Crippen LogP contribution is -1.99. The Kier molecular flexibility index (Phi) is 4.44. The molecule has 124 valence electrons. The number of aliphatic imine (C=N–C) groups is 1. The zero-order chi connectivity index (χ0) is 17.8. The molecular formula is C18H17N7. The van der Waals surface area contributed by atoms with Gasteiger partial charge in [0.15, 0.2) is 0 Å². The molecule has 0 radical (unpaired) electrons. The number of aromatic nitrogens is 3. The summed E-state index contributed by atoms with van der Waals surface area (Å²) in [6.07, 6.45) is 8.32. The molecule has 3 heterocycles. The first-order valence-electron chi connectivity index (χ1n) is 7.62. The molecule has 0 unspecified atom stereocenters. The van der Waals surface area contributed by atoms with E-state index in [1.54, 1.807) is 30.2 Å². The number of nitrogens with one attached hydrogen (secondary N) is 1. The van der Waals surface area contributed by atoms with Crippen LogP contribution in [0.3, 0.4) is 0 Å². The molecule has 25 heavy (non-hydrogen) atoms.